The minimum absolute atomic E-state index is 0.0105. The van der Waals surface area contributed by atoms with Gasteiger partial charge < -0.3 is 24.7 Å². The molecule has 0 radical (unpaired) electrons. The van der Waals surface area contributed by atoms with Gasteiger partial charge >= 0.3 is 0 Å². The molecule has 0 atom stereocenters. The molecule has 13 heteroatoms. The van der Waals surface area contributed by atoms with E-state index in [-0.39, 0.29) is 24.7 Å². The highest BCUT2D eigenvalue weighted by Gasteiger charge is 2.30. The van der Waals surface area contributed by atoms with Gasteiger partial charge in [-0.2, -0.15) is 5.26 Å². The van der Waals surface area contributed by atoms with Crippen LogP contribution in [0, 0.1) is 11.3 Å². The third kappa shape index (κ3) is 5.61. The van der Waals surface area contributed by atoms with E-state index in [9.17, 15) is 19.6 Å². The topological polar surface area (TPSA) is 168 Å². The first-order chi connectivity index (χ1) is 20.4. The maximum Gasteiger partial charge on any atom is 0.295 e. The van der Waals surface area contributed by atoms with Crippen molar-refractivity contribution < 1.29 is 23.9 Å². The number of allylic oxidation sites excluding steroid dienone is 1. The van der Waals surface area contributed by atoms with Gasteiger partial charge in [0.1, 0.15) is 25.3 Å². The first kappa shape index (κ1) is 28.2. The maximum absolute atomic E-state index is 13.5. The first-order valence-electron chi connectivity index (χ1n) is 13.2. The van der Waals surface area contributed by atoms with Crippen molar-refractivity contribution in [2.45, 2.75) is 19.4 Å². The summed E-state index contributed by atoms with van der Waals surface area (Å²) in [5.41, 5.74) is 3.00. The van der Waals surface area contributed by atoms with Crippen molar-refractivity contribution in [3.05, 3.63) is 71.6 Å². The number of carbonyl (C=O) groups is 3. The molecule has 3 aromatic heterocycles. The van der Waals surface area contributed by atoms with Crippen LogP contribution in [-0.4, -0.2) is 81.1 Å². The number of ketones is 1. The van der Waals surface area contributed by atoms with Crippen molar-refractivity contribution in [1.29, 1.82) is 5.26 Å². The predicted molar refractivity (Wildman–Crippen MR) is 150 cm³/mol. The fourth-order valence-electron chi connectivity index (χ4n) is 4.83. The van der Waals surface area contributed by atoms with E-state index in [4.69, 9.17) is 9.47 Å². The minimum Gasteiger partial charge on any atom is -0.494 e. The minimum atomic E-state index is -0.686. The molecule has 0 unspecified atom stereocenters. The number of hydrogen-bond donors (Lipinski definition) is 2. The number of aromatic nitrogens is 5. The van der Waals surface area contributed by atoms with Crippen molar-refractivity contribution in [1.82, 2.24) is 34.9 Å². The van der Waals surface area contributed by atoms with Crippen molar-refractivity contribution >= 4 is 34.1 Å². The summed E-state index contributed by atoms with van der Waals surface area (Å²) < 4.78 is 12.2. The summed E-state index contributed by atoms with van der Waals surface area (Å²) in [5, 5.41) is 17.0. The Hall–Kier alpha value is -5.35. The Morgan fingerprint density at radius 3 is 2.60 bits per heavy atom. The van der Waals surface area contributed by atoms with E-state index in [0.717, 1.165) is 11.1 Å². The number of fused-ring (bicyclic) bond motifs is 1. The average molecular weight is 569 g/mol. The second kappa shape index (κ2) is 12.4. The van der Waals surface area contributed by atoms with E-state index in [1.54, 1.807) is 0 Å². The number of likely N-dealkylation sites (N-methyl/N-ethyl adjacent to an activating group) is 1. The molecule has 1 saturated heterocycles. The van der Waals surface area contributed by atoms with Crippen LogP contribution in [0.5, 0.6) is 5.75 Å². The largest absolute Gasteiger partial charge is 0.494 e. The van der Waals surface area contributed by atoms with Crippen LogP contribution in [-0.2, 0) is 20.9 Å². The van der Waals surface area contributed by atoms with Crippen LogP contribution in [0.4, 0.5) is 0 Å². The molecule has 13 nitrogen and oxygen atoms in total. The van der Waals surface area contributed by atoms with Gasteiger partial charge in [0.2, 0.25) is 5.91 Å². The van der Waals surface area contributed by atoms with Crippen LogP contribution in [0.15, 0.2) is 54.6 Å². The fourth-order valence-corrected chi connectivity index (χ4v) is 4.83. The number of benzene rings is 1. The summed E-state index contributed by atoms with van der Waals surface area (Å²) in [7, 11) is 2.97. The number of amides is 2. The second-order valence-corrected chi connectivity index (χ2v) is 9.45. The summed E-state index contributed by atoms with van der Waals surface area (Å²) in [6.45, 7) is 0.534. The standard InChI is InChI=1S/C29H28N8O5/c1-31-24(38)16-42-15-23-34-17-37(35-23)28-26-25(22(41-2)14-33-28)21(13-32-26)27(39)29(40)36-10-8-19(9-11-36)20(12-30)18-6-4-3-5-7-18/h3-7,13-14,17,32H,8-11,15-16H2,1-2H3,(H,31,38). The van der Waals surface area contributed by atoms with Crippen LogP contribution in [0.1, 0.15) is 34.6 Å². The van der Waals surface area contributed by atoms with Crippen molar-refractivity contribution in [2.75, 3.05) is 33.9 Å². The van der Waals surface area contributed by atoms with Gasteiger partial charge in [-0.05, 0) is 24.0 Å². The van der Waals surface area contributed by atoms with Gasteiger partial charge in [0.05, 0.1) is 41.4 Å². The Kier molecular flexibility index (Phi) is 8.35. The SMILES string of the molecule is CNC(=O)COCc1ncn(-c2ncc(OC)c3c(C(=O)C(=O)N4CCC(=C(C#N)c5ccccc5)CC4)c[nH]c23)n1. The highest BCUT2D eigenvalue weighted by atomic mass is 16.5. The summed E-state index contributed by atoms with van der Waals surface area (Å²) >= 11 is 0. The molecular weight excluding hydrogens is 540 g/mol. The summed E-state index contributed by atoms with van der Waals surface area (Å²) in [6.07, 6.45) is 5.35. The zero-order chi connectivity index (χ0) is 29.6. The Labute approximate surface area is 240 Å². The number of piperidine rings is 1. The number of pyridine rings is 1. The maximum atomic E-state index is 13.5. The number of nitriles is 1. The molecule has 0 saturated carbocycles. The number of rotatable bonds is 9. The normalized spacial score (nSPS) is 13.1. The van der Waals surface area contributed by atoms with Crippen molar-refractivity contribution in [3.8, 4) is 17.6 Å². The lowest BCUT2D eigenvalue weighted by Gasteiger charge is -2.28. The fraction of sp³-hybridized carbons (Fsp3) is 0.276. The zero-order valence-electron chi connectivity index (χ0n) is 23.1. The van der Waals surface area contributed by atoms with Gasteiger partial charge in [-0.1, -0.05) is 30.3 Å². The molecule has 4 heterocycles. The molecule has 42 heavy (non-hydrogen) atoms. The molecule has 1 fully saturated rings. The number of ether oxygens (including phenoxy) is 2. The number of carbonyl (C=O) groups excluding carboxylic acids is 3. The molecule has 2 N–H and O–H groups in total. The molecule has 1 aromatic carbocycles. The third-order valence-corrected chi connectivity index (χ3v) is 6.99. The van der Waals surface area contributed by atoms with E-state index < -0.39 is 11.7 Å². The lowest BCUT2D eigenvalue weighted by atomic mass is 9.93. The summed E-state index contributed by atoms with van der Waals surface area (Å²) in [4.78, 5) is 51.4. The number of nitrogens with one attached hydrogen (secondary N) is 2. The smallest absolute Gasteiger partial charge is 0.295 e. The number of nitrogens with zero attached hydrogens (tertiary/aromatic N) is 6. The van der Waals surface area contributed by atoms with E-state index in [1.165, 1.54) is 42.5 Å². The first-order valence-corrected chi connectivity index (χ1v) is 13.2. The van der Waals surface area contributed by atoms with Crippen molar-refractivity contribution in [3.63, 3.8) is 0 Å². The number of aromatic amines is 1. The molecule has 2 amide bonds. The zero-order valence-corrected chi connectivity index (χ0v) is 23.1. The number of Topliss-reactive ketones (excluding diaryl/α,β-unsaturated/α-hetero) is 1. The van der Waals surface area contributed by atoms with Gasteiger partial charge in [-0.25, -0.2) is 14.6 Å². The monoisotopic (exact) mass is 568 g/mol. The molecule has 5 rings (SSSR count). The third-order valence-electron chi connectivity index (χ3n) is 6.99. The van der Waals surface area contributed by atoms with E-state index in [2.05, 4.69) is 31.4 Å². The predicted octanol–water partition coefficient (Wildman–Crippen LogP) is 2.20. The molecule has 0 bridgehead atoms. The van der Waals surface area contributed by atoms with Gasteiger partial charge in [0, 0.05) is 26.3 Å². The number of likely N-dealkylation sites (tertiary alicyclic amines) is 1. The lowest BCUT2D eigenvalue weighted by molar-refractivity contribution is -0.127. The molecular formula is C29H28N8O5. The van der Waals surface area contributed by atoms with Crippen LogP contribution >= 0.6 is 0 Å². The van der Waals surface area contributed by atoms with Crippen LogP contribution < -0.4 is 10.1 Å². The molecule has 0 aliphatic carbocycles. The number of methoxy groups -OCH3 is 1. The quantitative estimate of drug-likeness (QED) is 0.175. The number of hydrogen-bond acceptors (Lipinski definition) is 9. The van der Waals surface area contributed by atoms with Gasteiger partial charge in [-0.15, -0.1) is 5.10 Å². The van der Waals surface area contributed by atoms with E-state index in [1.807, 2.05) is 30.3 Å². The van der Waals surface area contributed by atoms with Gasteiger partial charge in [0.15, 0.2) is 11.6 Å². The van der Waals surface area contributed by atoms with Crippen LogP contribution in [0.25, 0.3) is 22.3 Å². The molecule has 0 spiro atoms. The van der Waals surface area contributed by atoms with E-state index in [0.29, 0.717) is 59.8 Å². The average Bonchev–Trinajstić information content (AvgIpc) is 3.69. The van der Waals surface area contributed by atoms with Gasteiger partial charge in [0.25, 0.3) is 11.7 Å². The molecule has 4 aromatic rings. The van der Waals surface area contributed by atoms with Gasteiger partial charge in [-0.3, -0.25) is 14.4 Å². The second-order valence-electron chi connectivity index (χ2n) is 9.45. The molecule has 1 aliphatic heterocycles. The van der Waals surface area contributed by atoms with Crippen LogP contribution in [0.3, 0.4) is 0 Å². The Balaban J connectivity index is 1.35. The van der Waals surface area contributed by atoms with E-state index >= 15 is 0 Å². The summed E-state index contributed by atoms with van der Waals surface area (Å²) in [5.74, 6) is -0.620. The Morgan fingerprint density at radius 2 is 1.90 bits per heavy atom. The van der Waals surface area contributed by atoms with Crippen molar-refractivity contribution in [2.24, 2.45) is 0 Å². The lowest BCUT2D eigenvalue weighted by Crippen LogP contribution is -2.40. The highest BCUT2D eigenvalue weighted by Crippen LogP contribution is 2.32. The van der Waals surface area contributed by atoms with Crippen LogP contribution in [0.2, 0.25) is 0 Å². The molecule has 214 valence electrons. The Morgan fingerprint density at radius 1 is 1.14 bits per heavy atom. The molecule has 1 aliphatic rings. The summed E-state index contributed by atoms with van der Waals surface area (Å²) in [6, 6.07) is 11.7. The highest BCUT2D eigenvalue weighted by molar-refractivity contribution is 6.45. The Bertz CT molecular complexity index is 1710. The number of H-pyrrole nitrogens is 1.